The molecule has 7 heteroatoms. The van der Waals surface area contributed by atoms with Crippen molar-refractivity contribution in [3.05, 3.63) is 107 Å². The van der Waals surface area contributed by atoms with Crippen molar-refractivity contribution in [2.24, 2.45) is 0 Å². The number of aromatic nitrogens is 5. The molecule has 0 aliphatic carbocycles. The molecule has 5 aromatic rings. The SMILES string of the molecule is Cc1ccccc1-c1nnc(Cn2nc(-c3ccccc3)c(-c3ccccc3)nc2=O)o1. The van der Waals surface area contributed by atoms with Crippen LogP contribution in [0.1, 0.15) is 11.5 Å². The number of aryl methyl sites for hydroxylation is 1. The van der Waals surface area contributed by atoms with Gasteiger partial charge in [0.2, 0.25) is 11.8 Å². The van der Waals surface area contributed by atoms with Gasteiger partial charge < -0.3 is 4.42 Å². The van der Waals surface area contributed by atoms with Crippen LogP contribution in [0.4, 0.5) is 0 Å². The molecule has 0 saturated heterocycles. The topological polar surface area (TPSA) is 86.7 Å². The van der Waals surface area contributed by atoms with E-state index in [9.17, 15) is 4.79 Å². The zero-order chi connectivity index (χ0) is 21.9. The first-order valence-corrected chi connectivity index (χ1v) is 10.2. The average Bonchev–Trinajstić information content (AvgIpc) is 3.30. The molecule has 0 amide bonds. The van der Waals surface area contributed by atoms with Gasteiger partial charge in [0.25, 0.3) is 0 Å². The van der Waals surface area contributed by atoms with Crippen molar-refractivity contribution in [3.63, 3.8) is 0 Å². The molecular formula is C25H19N5O2. The summed E-state index contributed by atoms with van der Waals surface area (Å²) in [5.41, 5.74) is 4.21. The lowest BCUT2D eigenvalue weighted by Gasteiger charge is -2.10. The minimum atomic E-state index is -0.487. The van der Waals surface area contributed by atoms with E-state index in [0.29, 0.717) is 17.3 Å². The molecule has 5 rings (SSSR count). The van der Waals surface area contributed by atoms with Gasteiger partial charge in [-0.05, 0) is 18.6 Å². The molecule has 0 atom stereocenters. The molecule has 7 nitrogen and oxygen atoms in total. The van der Waals surface area contributed by atoms with E-state index in [1.807, 2.05) is 91.9 Å². The highest BCUT2D eigenvalue weighted by atomic mass is 16.4. The summed E-state index contributed by atoms with van der Waals surface area (Å²) in [6.45, 7) is 2.00. The predicted octanol–water partition coefficient (Wildman–Crippen LogP) is 4.38. The summed E-state index contributed by atoms with van der Waals surface area (Å²) >= 11 is 0. The van der Waals surface area contributed by atoms with Crippen LogP contribution in [-0.2, 0) is 6.54 Å². The van der Waals surface area contributed by atoms with Crippen LogP contribution in [0.2, 0.25) is 0 Å². The molecule has 0 bridgehead atoms. The van der Waals surface area contributed by atoms with Crippen LogP contribution in [0.25, 0.3) is 34.0 Å². The van der Waals surface area contributed by atoms with Crippen molar-refractivity contribution in [3.8, 4) is 34.0 Å². The number of hydrogen-bond donors (Lipinski definition) is 0. The Kier molecular flexibility index (Phi) is 5.13. The Labute approximate surface area is 184 Å². The van der Waals surface area contributed by atoms with Gasteiger partial charge in [-0.3, -0.25) is 0 Å². The summed E-state index contributed by atoms with van der Waals surface area (Å²) in [7, 11) is 0. The van der Waals surface area contributed by atoms with Crippen LogP contribution in [0.15, 0.2) is 94.1 Å². The van der Waals surface area contributed by atoms with Gasteiger partial charge in [0.05, 0.1) is 0 Å². The summed E-state index contributed by atoms with van der Waals surface area (Å²) in [4.78, 5) is 17.2. The van der Waals surface area contributed by atoms with Crippen molar-refractivity contribution in [2.75, 3.05) is 0 Å². The fourth-order valence-corrected chi connectivity index (χ4v) is 3.48. The number of hydrogen-bond acceptors (Lipinski definition) is 6. The molecule has 0 saturated carbocycles. The maximum absolute atomic E-state index is 12.8. The minimum Gasteiger partial charge on any atom is -0.419 e. The molecule has 0 spiro atoms. The van der Waals surface area contributed by atoms with Gasteiger partial charge in [0, 0.05) is 16.7 Å². The quantitative estimate of drug-likeness (QED) is 0.419. The second-order valence-electron chi connectivity index (χ2n) is 7.30. The van der Waals surface area contributed by atoms with E-state index < -0.39 is 5.69 Å². The van der Waals surface area contributed by atoms with Crippen molar-refractivity contribution in [1.82, 2.24) is 25.0 Å². The summed E-state index contributed by atoms with van der Waals surface area (Å²) in [6.07, 6.45) is 0. The first kappa shape index (κ1) is 19.6. The molecule has 0 N–H and O–H groups in total. The van der Waals surface area contributed by atoms with Crippen LogP contribution in [-0.4, -0.2) is 25.0 Å². The Bertz CT molecular complexity index is 1430. The number of nitrogens with zero attached hydrogens (tertiary/aromatic N) is 5. The van der Waals surface area contributed by atoms with E-state index in [4.69, 9.17) is 4.42 Å². The molecule has 2 aromatic heterocycles. The van der Waals surface area contributed by atoms with E-state index in [1.165, 1.54) is 4.68 Å². The molecule has 0 unspecified atom stereocenters. The predicted molar refractivity (Wildman–Crippen MR) is 121 cm³/mol. The molecular weight excluding hydrogens is 402 g/mol. The zero-order valence-electron chi connectivity index (χ0n) is 17.3. The smallest absolute Gasteiger partial charge is 0.365 e. The Balaban J connectivity index is 1.56. The van der Waals surface area contributed by atoms with Crippen LogP contribution in [0, 0.1) is 6.92 Å². The summed E-state index contributed by atoms with van der Waals surface area (Å²) in [6, 6.07) is 27.0. The normalized spacial score (nSPS) is 10.9. The maximum Gasteiger partial charge on any atom is 0.365 e. The van der Waals surface area contributed by atoms with E-state index in [0.717, 1.165) is 22.3 Å². The van der Waals surface area contributed by atoms with Crippen molar-refractivity contribution in [2.45, 2.75) is 13.5 Å². The van der Waals surface area contributed by atoms with Gasteiger partial charge in [-0.1, -0.05) is 78.9 Å². The highest BCUT2D eigenvalue weighted by Gasteiger charge is 2.17. The number of benzene rings is 3. The van der Waals surface area contributed by atoms with Gasteiger partial charge in [-0.2, -0.15) is 10.1 Å². The lowest BCUT2D eigenvalue weighted by molar-refractivity contribution is 0.461. The Morgan fingerprint density at radius 1 is 0.781 bits per heavy atom. The second kappa shape index (κ2) is 8.39. The Hall–Kier alpha value is -4.39. The van der Waals surface area contributed by atoms with Crippen molar-refractivity contribution >= 4 is 0 Å². The molecule has 2 heterocycles. The van der Waals surface area contributed by atoms with E-state index in [2.05, 4.69) is 20.3 Å². The zero-order valence-corrected chi connectivity index (χ0v) is 17.3. The summed E-state index contributed by atoms with van der Waals surface area (Å²) in [5, 5.41) is 12.9. The largest absolute Gasteiger partial charge is 0.419 e. The lowest BCUT2D eigenvalue weighted by atomic mass is 10.0. The average molecular weight is 421 g/mol. The third-order valence-electron chi connectivity index (χ3n) is 5.10. The lowest BCUT2D eigenvalue weighted by Crippen LogP contribution is -2.27. The van der Waals surface area contributed by atoms with Crippen molar-refractivity contribution in [1.29, 1.82) is 0 Å². The molecule has 0 aliphatic rings. The molecule has 0 fully saturated rings. The minimum absolute atomic E-state index is 0.0274. The van der Waals surface area contributed by atoms with Gasteiger partial charge in [0.15, 0.2) is 0 Å². The van der Waals surface area contributed by atoms with Gasteiger partial charge >= 0.3 is 5.69 Å². The Morgan fingerprint density at radius 2 is 1.41 bits per heavy atom. The van der Waals surface area contributed by atoms with Crippen molar-refractivity contribution < 1.29 is 4.42 Å². The standard InChI is InChI=1S/C25H19N5O2/c1-17-10-8-9-15-20(17)24-28-27-21(32-24)16-30-25(31)26-22(18-11-4-2-5-12-18)23(29-30)19-13-6-3-7-14-19/h2-15H,16H2,1H3. The van der Waals surface area contributed by atoms with E-state index >= 15 is 0 Å². The first-order chi connectivity index (χ1) is 15.7. The highest BCUT2D eigenvalue weighted by molar-refractivity contribution is 5.77. The fraction of sp³-hybridized carbons (Fsp3) is 0.0800. The molecule has 156 valence electrons. The van der Waals surface area contributed by atoms with Gasteiger partial charge in [0.1, 0.15) is 17.9 Å². The Morgan fingerprint density at radius 3 is 2.09 bits per heavy atom. The van der Waals surface area contributed by atoms with E-state index in [-0.39, 0.29) is 12.4 Å². The van der Waals surface area contributed by atoms with Crippen LogP contribution in [0.3, 0.4) is 0 Å². The molecule has 32 heavy (non-hydrogen) atoms. The monoisotopic (exact) mass is 421 g/mol. The summed E-state index contributed by atoms with van der Waals surface area (Å²) < 4.78 is 7.07. The summed E-state index contributed by atoms with van der Waals surface area (Å²) in [5.74, 6) is 0.689. The molecule has 0 radical (unpaired) electrons. The number of rotatable bonds is 5. The maximum atomic E-state index is 12.8. The fourth-order valence-electron chi connectivity index (χ4n) is 3.48. The first-order valence-electron chi connectivity index (χ1n) is 10.2. The third-order valence-corrected chi connectivity index (χ3v) is 5.10. The van der Waals surface area contributed by atoms with E-state index in [1.54, 1.807) is 0 Å². The molecule has 3 aromatic carbocycles. The molecule has 0 aliphatic heterocycles. The van der Waals surface area contributed by atoms with Gasteiger partial charge in [-0.25, -0.2) is 9.48 Å². The highest BCUT2D eigenvalue weighted by Crippen LogP contribution is 2.27. The van der Waals surface area contributed by atoms with Crippen LogP contribution < -0.4 is 5.69 Å². The third kappa shape index (κ3) is 3.83. The van der Waals surface area contributed by atoms with Crippen LogP contribution >= 0.6 is 0 Å². The second-order valence-corrected chi connectivity index (χ2v) is 7.30. The van der Waals surface area contributed by atoms with Gasteiger partial charge in [-0.15, -0.1) is 10.2 Å². The van der Waals surface area contributed by atoms with Crippen LogP contribution in [0.5, 0.6) is 0 Å².